The number of carbonyl (C=O) groups excluding carboxylic acids is 1. The number of aromatic nitrogens is 3. The second kappa shape index (κ2) is 11.2. The lowest BCUT2D eigenvalue weighted by Gasteiger charge is -2.22. The predicted molar refractivity (Wildman–Crippen MR) is 144 cm³/mol. The molecule has 1 aliphatic rings. The zero-order valence-electron chi connectivity index (χ0n) is 22.4. The van der Waals surface area contributed by atoms with Crippen molar-refractivity contribution in [2.45, 2.75) is 12.3 Å². The van der Waals surface area contributed by atoms with Crippen LogP contribution in [0.1, 0.15) is 28.3 Å². The Morgan fingerprint density at radius 2 is 1.66 bits per heavy atom. The first-order chi connectivity index (χ1) is 19.8. The molecule has 3 heterocycles. The normalized spacial score (nSPS) is 14.7. The Morgan fingerprint density at radius 3 is 2.29 bits per heavy atom. The first-order valence-electron chi connectivity index (χ1n) is 12.6. The minimum atomic E-state index is -1.02. The van der Waals surface area contributed by atoms with Crippen LogP contribution in [0.4, 0.5) is 8.78 Å². The molecule has 41 heavy (non-hydrogen) atoms. The SMILES string of the molecule is COc1ccnc(-c2nc(=O)c(C(=O)N3CCC(c4c(F)cccc4F)C3)c(O)n2-c2c(OC)cccc2OC)c1. The van der Waals surface area contributed by atoms with Crippen molar-refractivity contribution in [3.05, 3.63) is 87.8 Å². The van der Waals surface area contributed by atoms with Crippen molar-refractivity contribution < 1.29 is 32.9 Å². The van der Waals surface area contributed by atoms with Gasteiger partial charge in [0, 0.05) is 36.8 Å². The van der Waals surface area contributed by atoms with Crippen molar-refractivity contribution in [2.75, 3.05) is 34.4 Å². The summed E-state index contributed by atoms with van der Waals surface area (Å²) in [4.78, 5) is 36.8. The monoisotopic (exact) mass is 564 g/mol. The van der Waals surface area contributed by atoms with Gasteiger partial charge in [-0.3, -0.25) is 19.1 Å². The maximum atomic E-state index is 14.4. The molecule has 1 saturated heterocycles. The number of aromatic hydroxyl groups is 1. The highest BCUT2D eigenvalue weighted by Gasteiger charge is 2.35. The molecule has 10 nitrogen and oxygen atoms in total. The van der Waals surface area contributed by atoms with Gasteiger partial charge >= 0.3 is 0 Å². The van der Waals surface area contributed by atoms with E-state index in [1.54, 1.807) is 24.3 Å². The summed E-state index contributed by atoms with van der Waals surface area (Å²) in [6, 6.07) is 11.6. The maximum absolute atomic E-state index is 14.4. The molecule has 212 valence electrons. The number of halogens is 2. The Hall–Kier alpha value is -5.00. The minimum Gasteiger partial charge on any atom is -0.497 e. The molecular weight excluding hydrogens is 538 g/mol. The van der Waals surface area contributed by atoms with Crippen LogP contribution in [0.15, 0.2) is 59.5 Å². The zero-order chi connectivity index (χ0) is 29.3. The van der Waals surface area contributed by atoms with Crippen molar-refractivity contribution >= 4 is 5.91 Å². The fraction of sp³-hybridized carbons (Fsp3) is 0.241. The van der Waals surface area contributed by atoms with Gasteiger partial charge in [0.1, 0.15) is 40.3 Å². The van der Waals surface area contributed by atoms with E-state index < -0.39 is 40.5 Å². The van der Waals surface area contributed by atoms with Crippen LogP contribution in [0.5, 0.6) is 23.1 Å². The second-order valence-electron chi connectivity index (χ2n) is 9.24. The van der Waals surface area contributed by atoms with E-state index in [2.05, 4.69) is 9.97 Å². The van der Waals surface area contributed by atoms with E-state index in [4.69, 9.17) is 14.2 Å². The number of likely N-dealkylation sites (tertiary alicyclic amines) is 1. The molecule has 1 amide bonds. The molecule has 0 aliphatic carbocycles. The summed E-state index contributed by atoms with van der Waals surface area (Å²) in [5.74, 6) is -2.86. The summed E-state index contributed by atoms with van der Waals surface area (Å²) in [5.41, 5.74) is -1.46. The molecule has 0 spiro atoms. The Kier molecular flexibility index (Phi) is 7.56. The number of pyridine rings is 1. The molecule has 1 aliphatic heterocycles. The number of rotatable bonds is 7. The molecule has 1 N–H and O–H groups in total. The average molecular weight is 565 g/mol. The zero-order valence-corrected chi connectivity index (χ0v) is 22.4. The molecule has 1 fully saturated rings. The van der Waals surface area contributed by atoms with E-state index in [0.29, 0.717) is 5.75 Å². The number of nitrogens with zero attached hydrogens (tertiary/aromatic N) is 4. The number of methoxy groups -OCH3 is 3. The number of carbonyl (C=O) groups is 1. The number of hydrogen-bond donors (Lipinski definition) is 1. The minimum absolute atomic E-state index is 0.0628. The van der Waals surface area contributed by atoms with E-state index in [9.17, 15) is 23.5 Å². The summed E-state index contributed by atoms with van der Waals surface area (Å²) in [7, 11) is 4.28. The summed E-state index contributed by atoms with van der Waals surface area (Å²) in [6.07, 6.45) is 1.70. The number of benzene rings is 2. The molecule has 0 bridgehead atoms. The van der Waals surface area contributed by atoms with Crippen molar-refractivity contribution in [3.8, 4) is 40.3 Å². The number of para-hydroxylation sites is 1. The van der Waals surface area contributed by atoms with Gasteiger partial charge in [-0.2, -0.15) is 4.98 Å². The van der Waals surface area contributed by atoms with Gasteiger partial charge < -0.3 is 24.2 Å². The van der Waals surface area contributed by atoms with E-state index in [-0.39, 0.29) is 53.8 Å². The number of ether oxygens (including phenoxy) is 3. The topological polar surface area (TPSA) is 116 Å². The third kappa shape index (κ3) is 4.92. The van der Waals surface area contributed by atoms with Crippen LogP contribution in [0, 0.1) is 11.6 Å². The fourth-order valence-corrected chi connectivity index (χ4v) is 5.03. The summed E-state index contributed by atoms with van der Waals surface area (Å²) in [6.45, 7) is 0.0417. The van der Waals surface area contributed by atoms with Crippen LogP contribution < -0.4 is 19.8 Å². The van der Waals surface area contributed by atoms with E-state index in [0.717, 1.165) is 16.7 Å². The van der Waals surface area contributed by atoms with Crippen LogP contribution in [0.2, 0.25) is 0 Å². The molecule has 1 unspecified atom stereocenters. The second-order valence-corrected chi connectivity index (χ2v) is 9.24. The lowest BCUT2D eigenvalue weighted by molar-refractivity contribution is 0.0784. The van der Waals surface area contributed by atoms with Crippen LogP contribution in [-0.2, 0) is 0 Å². The first-order valence-corrected chi connectivity index (χ1v) is 12.6. The smallest absolute Gasteiger partial charge is 0.290 e. The van der Waals surface area contributed by atoms with Crippen LogP contribution in [-0.4, -0.2) is 64.9 Å². The molecule has 2 aromatic heterocycles. The van der Waals surface area contributed by atoms with E-state index in [1.807, 2.05) is 0 Å². The summed E-state index contributed by atoms with van der Waals surface area (Å²) < 4.78 is 46.4. The van der Waals surface area contributed by atoms with E-state index >= 15 is 0 Å². The third-order valence-electron chi connectivity index (χ3n) is 6.99. The van der Waals surface area contributed by atoms with E-state index in [1.165, 1.54) is 44.6 Å². The molecule has 2 aromatic carbocycles. The van der Waals surface area contributed by atoms with Gasteiger partial charge in [-0.15, -0.1) is 0 Å². The molecule has 12 heteroatoms. The van der Waals surface area contributed by atoms with Crippen LogP contribution in [0.25, 0.3) is 17.2 Å². The highest BCUT2D eigenvalue weighted by molar-refractivity contribution is 5.96. The largest absolute Gasteiger partial charge is 0.497 e. The summed E-state index contributed by atoms with van der Waals surface area (Å²) >= 11 is 0. The van der Waals surface area contributed by atoms with Gasteiger partial charge in [-0.25, -0.2) is 8.78 Å². The van der Waals surface area contributed by atoms with Gasteiger partial charge in [-0.05, 0) is 36.8 Å². The lowest BCUT2D eigenvalue weighted by atomic mass is 9.97. The lowest BCUT2D eigenvalue weighted by Crippen LogP contribution is -2.34. The Morgan fingerprint density at radius 1 is 1.00 bits per heavy atom. The fourth-order valence-electron chi connectivity index (χ4n) is 5.03. The molecule has 0 radical (unpaired) electrons. The van der Waals surface area contributed by atoms with Crippen molar-refractivity contribution in [3.63, 3.8) is 0 Å². The highest BCUT2D eigenvalue weighted by Crippen LogP contribution is 2.39. The van der Waals surface area contributed by atoms with Crippen molar-refractivity contribution in [1.29, 1.82) is 0 Å². The Bertz CT molecular complexity index is 1650. The van der Waals surface area contributed by atoms with Crippen LogP contribution >= 0.6 is 0 Å². The average Bonchev–Trinajstić information content (AvgIpc) is 3.46. The Balaban J connectivity index is 1.67. The number of hydrogen-bond acceptors (Lipinski definition) is 8. The summed E-state index contributed by atoms with van der Waals surface area (Å²) in [5, 5.41) is 11.6. The highest BCUT2D eigenvalue weighted by atomic mass is 19.1. The van der Waals surface area contributed by atoms with Crippen molar-refractivity contribution in [2.24, 2.45) is 0 Å². The molecular formula is C29H26F2N4O6. The van der Waals surface area contributed by atoms with Gasteiger partial charge in [0.15, 0.2) is 11.4 Å². The standard InChI is InChI=1S/C29H26F2N4O6/c1-39-17-10-12-32-20(14-17)26-33-27(36)24(29(38)35(26)25-21(40-2)8-5-9-22(25)41-3)28(37)34-13-11-16(15-34)23-18(30)6-4-7-19(23)31/h4-10,12,14,16,38H,11,13,15H2,1-3H3. The van der Waals surface area contributed by atoms with Gasteiger partial charge in [-0.1, -0.05) is 12.1 Å². The molecule has 5 rings (SSSR count). The Labute approximate surface area is 233 Å². The molecule has 1 atom stereocenters. The molecule has 0 saturated carbocycles. The first kappa shape index (κ1) is 27.6. The van der Waals surface area contributed by atoms with Gasteiger partial charge in [0.25, 0.3) is 11.5 Å². The van der Waals surface area contributed by atoms with Gasteiger partial charge in [0.05, 0.1) is 21.3 Å². The number of amides is 1. The molecule has 4 aromatic rings. The quantitative estimate of drug-likeness (QED) is 0.359. The van der Waals surface area contributed by atoms with Gasteiger partial charge in [0.2, 0.25) is 5.88 Å². The van der Waals surface area contributed by atoms with Crippen molar-refractivity contribution in [1.82, 2.24) is 19.4 Å². The maximum Gasteiger partial charge on any atom is 0.290 e. The third-order valence-corrected chi connectivity index (χ3v) is 6.99. The van der Waals surface area contributed by atoms with Crippen LogP contribution in [0.3, 0.4) is 0 Å². The predicted octanol–water partition coefficient (Wildman–Crippen LogP) is 3.93.